The van der Waals surface area contributed by atoms with Gasteiger partial charge in [0.25, 0.3) is 15.9 Å². The number of hydrogen-bond acceptors (Lipinski definition) is 7. The Hall–Kier alpha value is -5.16. The van der Waals surface area contributed by atoms with Crippen molar-refractivity contribution in [3.8, 4) is 5.75 Å². The van der Waals surface area contributed by atoms with Crippen molar-refractivity contribution in [2.24, 2.45) is 0 Å². The highest BCUT2D eigenvalue weighted by Crippen LogP contribution is 2.26. The molecule has 1 N–H and O–H groups in total. The molecule has 1 saturated heterocycles. The standard InChI is InChI=1S/C33H31N3O7S/c37-31(35-22-10-17-30(35)33(39)42-24-25-11-4-1-5-12-25)23-34-32(38)26-18-20-29(21-19-26)44(40,41)36(27-13-6-2-7-14-27)43-28-15-8-3-9-16-28/h1-9,11-16,18-21,30H,10,17,22-24H2,(H,34,38). The van der Waals surface area contributed by atoms with Crippen molar-refractivity contribution in [1.82, 2.24) is 10.2 Å². The molecule has 1 aliphatic heterocycles. The Morgan fingerprint density at radius 1 is 0.818 bits per heavy atom. The summed E-state index contributed by atoms with van der Waals surface area (Å²) in [5.74, 6) is -1.13. The van der Waals surface area contributed by atoms with Gasteiger partial charge in [0, 0.05) is 12.1 Å². The van der Waals surface area contributed by atoms with Gasteiger partial charge in [0.05, 0.1) is 17.1 Å². The first-order valence-electron chi connectivity index (χ1n) is 14.0. The molecule has 226 valence electrons. The second kappa shape index (κ2) is 13.9. The van der Waals surface area contributed by atoms with Gasteiger partial charge in [0.2, 0.25) is 5.91 Å². The fraction of sp³-hybridized carbons (Fsp3) is 0.182. The lowest BCUT2D eigenvalue weighted by Crippen LogP contribution is -2.46. The number of anilines is 1. The number of hydrogen-bond donors (Lipinski definition) is 1. The smallest absolute Gasteiger partial charge is 0.329 e. The van der Waals surface area contributed by atoms with Crippen LogP contribution in [0.15, 0.2) is 120 Å². The molecule has 11 heteroatoms. The first kappa shape index (κ1) is 30.3. The first-order chi connectivity index (χ1) is 21.3. The van der Waals surface area contributed by atoms with Gasteiger partial charge in [-0.05, 0) is 66.9 Å². The highest BCUT2D eigenvalue weighted by atomic mass is 32.2. The number of esters is 1. The Kier molecular flexibility index (Phi) is 9.56. The van der Waals surface area contributed by atoms with Gasteiger partial charge in [-0.25, -0.2) is 4.79 Å². The second-order valence-corrected chi connectivity index (χ2v) is 11.8. The van der Waals surface area contributed by atoms with Gasteiger partial charge in [-0.1, -0.05) is 71.2 Å². The minimum Gasteiger partial charge on any atom is -0.459 e. The van der Waals surface area contributed by atoms with E-state index in [2.05, 4.69) is 5.32 Å². The Balaban J connectivity index is 1.20. The summed E-state index contributed by atoms with van der Waals surface area (Å²) in [6.07, 6.45) is 1.13. The van der Waals surface area contributed by atoms with Gasteiger partial charge in [-0.15, -0.1) is 0 Å². The SMILES string of the molecule is O=C(NCC(=O)N1CCCC1C(=O)OCc1ccccc1)c1ccc(S(=O)(=O)N(Oc2ccccc2)c2ccccc2)cc1. The highest BCUT2D eigenvalue weighted by Gasteiger charge is 2.35. The van der Waals surface area contributed by atoms with E-state index in [9.17, 15) is 22.8 Å². The molecule has 1 unspecified atom stereocenters. The van der Waals surface area contributed by atoms with Gasteiger partial charge in [0.1, 0.15) is 12.6 Å². The van der Waals surface area contributed by atoms with E-state index in [0.29, 0.717) is 30.8 Å². The molecule has 4 aromatic rings. The number of amides is 2. The number of carbonyl (C=O) groups excluding carboxylic acids is 3. The number of nitrogens with zero attached hydrogens (tertiary/aromatic N) is 2. The summed E-state index contributed by atoms with van der Waals surface area (Å²) >= 11 is 0. The van der Waals surface area contributed by atoms with Crippen molar-refractivity contribution in [3.63, 3.8) is 0 Å². The summed E-state index contributed by atoms with van der Waals surface area (Å²) in [6, 6.07) is 30.7. The van der Waals surface area contributed by atoms with Crippen LogP contribution in [0.2, 0.25) is 0 Å². The largest absolute Gasteiger partial charge is 0.459 e. The van der Waals surface area contributed by atoms with Crippen LogP contribution in [0.1, 0.15) is 28.8 Å². The van der Waals surface area contributed by atoms with Crippen molar-refractivity contribution in [2.75, 3.05) is 17.6 Å². The zero-order valence-corrected chi connectivity index (χ0v) is 24.6. The van der Waals surface area contributed by atoms with E-state index >= 15 is 0 Å². The van der Waals surface area contributed by atoms with E-state index in [1.165, 1.54) is 29.2 Å². The topological polar surface area (TPSA) is 122 Å². The van der Waals surface area contributed by atoms with Gasteiger partial charge in [0.15, 0.2) is 5.75 Å². The van der Waals surface area contributed by atoms with Crippen molar-refractivity contribution < 1.29 is 32.4 Å². The van der Waals surface area contributed by atoms with Crippen LogP contribution >= 0.6 is 0 Å². The summed E-state index contributed by atoms with van der Waals surface area (Å²) in [5.41, 5.74) is 1.30. The molecule has 0 saturated carbocycles. The Morgan fingerprint density at radius 3 is 2.09 bits per heavy atom. The minimum absolute atomic E-state index is 0.0983. The van der Waals surface area contributed by atoms with E-state index in [-0.39, 0.29) is 23.6 Å². The van der Waals surface area contributed by atoms with E-state index in [4.69, 9.17) is 9.57 Å². The number of para-hydroxylation sites is 2. The predicted octanol–water partition coefficient (Wildman–Crippen LogP) is 4.34. The van der Waals surface area contributed by atoms with Crippen molar-refractivity contribution in [3.05, 3.63) is 126 Å². The molecule has 0 aromatic heterocycles. The lowest BCUT2D eigenvalue weighted by Gasteiger charge is -2.24. The number of carbonyl (C=O) groups is 3. The fourth-order valence-corrected chi connectivity index (χ4v) is 5.99. The lowest BCUT2D eigenvalue weighted by molar-refractivity contribution is -0.154. The third-order valence-corrected chi connectivity index (χ3v) is 8.59. The van der Waals surface area contributed by atoms with Crippen LogP contribution < -0.4 is 14.6 Å². The van der Waals surface area contributed by atoms with Crippen LogP contribution in [0.5, 0.6) is 5.75 Å². The quantitative estimate of drug-likeness (QED) is 0.197. The van der Waals surface area contributed by atoms with E-state index in [0.717, 1.165) is 10.0 Å². The van der Waals surface area contributed by atoms with Crippen molar-refractivity contribution >= 4 is 33.5 Å². The van der Waals surface area contributed by atoms with Crippen LogP contribution in [-0.2, 0) is 31.0 Å². The van der Waals surface area contributed by atoms with Crippen LogP contribution in [0.25, 0.3) is 0 Å². The van der Waals surface area contributed by atoms with Crippen molar-refractivity contribution in [2.45, 2.75) is 30.4 Å². The summed E-state index contributed by atoms with van der Waals surface area (Å²) in [6.45, 7) is 0.172. The summed E-state index contributed by atoms with van der Waals surface area (Å²) in [5, 5.41) is 2.57. The molecular weight excluding hydrogens is 582 g/mol. The number of ether oxygens (including phenoxy) is 1. The molecule has 44 heavy (non-hydrogen) atoms. The van der Waals surface area contributed by atoms with E-state index in [1.54, 1.807) is 60.7 Å². The van der Waals surface area contributed by atoms with Crippen LogP contribution in [0.3, 0.4) is 0 Å². The number of benzene rings is 4. The molecule has 5 rings (SSSR count). The molecule has 2 amide bonds. The first-order valence-corrected chi connectivity index (χ1v) is 15.5. The Labute approximate surface area is 255 Å². The average Bonchev–Trinajstić information content (AvgIpc) is 3.57. The number of nitrogens with one attached hydrogen (secondary N) is 1. The number of rotatable bonds is 11. The molecule has 1 heterocycles. The van der Waals surface area contributed by atoms with Gasteiger partial charge >= 0.3 is 5.97 Å². The average molecular weight is 614 g/mol. The van der Waals surface area contributed by atoms with Crippen LogP contribution in [0.4, 0.5) is 5.69 Å². The number of sulfonamides is 1. The maximum Gasteiger partial charge on any atom is 0.329 e. The number of likely N-dealkylation sites (tertiary alicyclic amines) is 1. The third-order valence-electron chi connectivity index (χ3n) is 7.00. The fourth-order valence-electron chi connectivity index (χ4n) is 4.74. The minimum atomic E-state index is -4.19. The van der Waals surface area contributed by atoms with E-state index in [1.807, 2.05) is 30.3 Å². The normalized spacial score (nSPS) is 14.5. The Morgan fingerprint density at radius 2 is 1.43 bits per heavy atom. The molecule has 0 spiro atoms. The molecular formula is C33H31N3O7S. The molecule has 0 radical (unpaired) electrons. The van der Waals surface area contributed by atoms with Gasteiger partial charge in [-0.3, -0.25) is 9.59 Å². The maximum absolute atomic E-state index is 13.6. The summed E-state index contributed by atoms with van der Waals surface area (Å²) < 4.78 is 33.5. The zero-order chi connectivity index (χ0) is 30.9. The monoisotopic (exact) mass is 613 g/mol. The molecule has 0 bridgehead atoms. The maximum atomic E-state index is 13.6. The molecule has 10 nitrogen and oxygen atoms in total. The van der Waals surface area contributed by atoms with Gasteiger partial charge < -0.3 is 19.8 Å². The predicted molar refractivity (Wildman–Crippen MR) is 163 cm³/mol. The molecule has 1 fully saturated rings. The van der Waals surface area contributed by atoms with Crippen LogP contribution in [-0.4, -0.2) is 50.2 Å². The Bertz CT molecular complexity index is 1680. The lowest BCUT2D eigenvalue weighted by atomic mass is 10.2. The van der Waals surface area contributed by atoms with Gasteiger partial charge in [-0.2, -0.15) is 8.42 Å². The second-order valence-electron chi connectivity index (χ2n) is 10.0. The van der Waals surface area contributed by atoms with E-state index < -0.39 is 33.8 Å². The highest BCUT2D eigenvalue weighted by molar-refractivity contribution is 7.92. The molecule has 4 aromatic carbocycles. The molecule has 0 aliphatic carbocycles. The van der Waals surface area contributed by atoms with Crippen molar-refractivity contribution in [1.29, 1.82) is 0 Å². The summed E-state index contributed by atoms with van der Waals surface area (Å²) in [7, 11) is -4.19. The molecule has 1 aliphatic rings. The zero-order valence-electron chi connectivity index (χ0n) is 23.7. The third kappa shape index (κ3) is 7.24. The van der Waals surface area contributed by atoms with Crippen LogP contribution in [0, 0.1) is 0 Å². The molecule has 1 atom stereocenters. The summed E-state index contributed by atoms with van der Waals surface area (Å²) in [4.78, 5) is 45.5.